The molecule has 0 aliphatic heterocycles. The second-order valence-electron chi connectivity index (χ2n) is 4.23. The van der Waals surface area contributed by atoms with Gasteiger partial charge in [-0.1, -0.05) is 29.3 Å². The molecule has 0 spiro atoms. The molecule has 114 valence electrons. The van der Waals surface area contributed by atoms with Crippen LogP contribution in [-0.2, 0) is 11.3 Å². The summed E-state index contributed by atoms with van der Waals surface area (Å²) in [7, 11) is 0. The Morgan fingerprint density at radius 1 is 1.18 bits per heavy atom. The highest BCUT2D eigenvalue weighted by atomic mass is 35.5. The van der Waals surface area contributed by atoms with Crippen LogP contribution in [0.3, 0.4) is 0 Å². The van der Waals surface area contributed by atoms with Crippen LogP contribution in [0.5, 0.6) is 0 Å². The summed E-state index contributed by atoms with van der Waals surface area (Å²) in [6, 6.07) is 7.08. The van der Waals surface area contributed by atoms with Gasteiger partial charge in [-0.25, -0.2) is 9.18 Å². The topological polar surface area (TPSA) is 69.4 Å². The van der Waals surface area contributed by atoms with Gasteiger partial charge in [0.25, 0.3) is 5.69 Å². The molecule has 22 heavy (non-hydrogen) atoms. The minimum absolute atomic E-state index is 0.0285. The Kier molecular flexibility index (Phi) is 4.95. The molecular formula is C14H8Cl2FNO4. The van der Waals surface area contributed by atoms with Crippen molar-refractivity contribution in [1.29, 1.82) is 0 Å². The quantitative estimate of drug-likeness (QED) is 0.468. The first kappa shape index (κ1) is 16.2. The molecule has 0 aromatic heterocycles. The number of nitrogens with zero attached hydrogens (tertiary/aromatic N) is 1. The number of nitro benzene ring substituents is 1. The number of esters is 1. The van der Waals surface area contributed by atoms with Gasteiger partial charge in [0.2, 0.25) is 0 Å². The van der Waals surface area contributed by atoms with Crippen molar-refractivity contribution in [2.75, 3.05) is 0 Å². The van der Waals surface area contributed by atoms with E-state index in [1.165, 1.54) is 24.3 Å². The van der Waals surface area contributed by atoms with Gasteiger partial charge in [-0.15, -0.1) is 0 Å². The highest BCUT2D eigenvalue weighted by Gasteiger charge is 2.17. The summed E-state index contributed by atoms with van der Waals surface area (Å²) in [5, 5.41) is 10.8. The van der Waals surface area contributed by atoms with E-state index in [1.54, 1.807) is 0 Å². The van der Waals surface area contributed by atoms with E-state index in [4.69, 9.17) is 27.9 Å². The molecule has 2 aromatic rings. The van der Waals surface area contributed by atoms with Crippen molar-refractivity contribution in [1.82, 2.24) is 0 Å². The number of carbonyl (C=O) groups is 1. The first-order valence-electron chi connectivity index (χ1n) is 5.93. The van der Waals surface area contributed by atoms with Crippen LogP contribution in [0.2, 0.25) is 10.0 Å². The minimum atomic E-state index is -0.839. The van der Waals surface area contributed by atoms with Crippen LogP contribution in [0.15, 0.2) is 36.4 Å². The van der Waals surface area contributed by atoms with E-state index in [2.05, 4.69) is 0 Å². The van der Waals surface area contributed by atoms with Gasteiger partial charge in [0.1, 0.15) is 12.4 Å². The number of ether oxygens (including phenoxy) is 1. The molecule has 0 saturated heterocycles. The number of hydrogen-bond acceptors (Lipinski definition) is 4. The van der Waals surface area contributed by atoms with Crippen molar-refractivity contribution in [2.24, 2.45) is 0 Å². The molecule has 2 aromatic carbocycles. The number of rotatable bonds is 4. The van der Waals surface area contributed by atoms with Crippen LogP contribution in [-0.4, -0.2) is 10.9 Å². The summed E-state index contributed by atoms with van der Waals surface area (Å²) >= 11 is 11.6. The molecule has 0 saturated carbocycles. The zero-order valence-electron chi connectivity index (χ0n) is 10.9. The fourth-order valence-electron chi connectivity index (χ4n) is 1.64. The van der Waals surface area contributed by atoms with Crippen LogP contribution in [0, 0.1) is 15.9 Å². The van der Waals surface area contributed by atoms with Crippen LogP contribution in [0.25, 0.3) is 0 Å². The van der Waals surface area contributed by atoms with E-state index < -0.39 is 16.7 Å². The van der Waals surface area contributed by atoms with Gasteiger partial charge >= 0.3 is 5.97 Å². The lowest BCUT2D eigenvalue weighted by atomic mass is 10.2. The summed E-state index contributed by atoms with van der Waals surface area (Å²) in [5.74, 6) is -1.35. The van der Waals surface area contributed by atoms with Crippen LogP contribution in [0.4, 0.5) is 10.1 Å². The second-order valence-corrected chi connectivity index (χ2v) is 5.05. The van der Waals surface area contributed by atoms with Crippen molar-refractivity contribution in [3.8, 4) is 0 Å². The maximum Gasteiger partial charge on any atom is 0.340 e. The molecule has 0 aliphatic carbocycles. The molecule has 0 N–H and O–H groups in total. The molecule has 0 unspecified atom stereocenters. The molecule has 0 amide bonds. The third-order valence-electron chi connectivity index (χ3n) is 2.75. The fraction of sp³-hybridized carbons (Fsp3) is 0.0714. The van der Waals surface area contributed by atoms with Gasteiger partial charge in [-0.05, 0) is 18.2 Å². The predicted octanol–water partition coefficient (Wildman–Crippen LogP) is 4.40. The van der Waals surface area contributed by atoms with Crippen LogP contribution in [0.1, 0.15) is 15.9 Å². The van der Waals surface area contributed by atoms with Crippen molar-refractivity contribution >= 4 is 34.9 Å². The Morgan fingerprint density at radius 3 is 2.55 bits per heavy atom. The average Bonchev–Trinajstić information content (AvgIpc) is 2.46. The Hall–Kier alpha value is -2.18. The number of non-ortho nitro benzene ring substituents is 1. The van der Waals surface area contributed by atoms with Gasteiger partial charge in [0.15, 0.2) is 0 Å². The van der Waals surface area contributed by atoms with E-state index in [0.29, 0.717) is 5.56 Å². The van der Waals surface area contributed by atoms with Gasteiger partial charge in [-0.3, -0.25) is 10.1 Å². The molecule has 2 rings (SSSR count). The Balaban J connectivity index is 2.15. The number of nitro groups is 1. The van der Waals surface area contributed by atoms with Crippen molar-refractivity contribution in [3.05, 3.63) is 73.5 Å². The highest BCUT2D eigenvalue weighted by Crippen LogP contribution is 2.24. The maximum atomic E-state index is 12.9. The first-order valence-corrected chi connectivity index (χ1v) is 6.69. The summed E-state index contributed by atoms with van der Waals surface area (Å²) in [6.45, 7) is -0.211. The molecule has 5 nitrogen and oxygen atoms in total. The lowest BCUT2D eigenvalue weighted by Gasteiger charge is -2.07. The number of benzene rings is 2. The largest absolute Gasteiger partial charge is 0.457 e. The second kappa shape index (κ2) is 6.72. The molecule has 0 bridgehead atoms. The molecule has 0 atom stereocenters. The van der Waals surface area contributed by atoms with Gasteiger partial charge < -0.3 is 4.74 Å². The third kappa shape index (κ3) is 3.72. The zero-order chi connectivity index (χ0) is 16.3. The SMILES string of the molecule is O=C(OCc1ccc(F)cc1Cl)c1cc([N+](=O)[O-])ccc1Cl. The summed E-state index contributed by atoms with van der Waals surface area (Å²) in [6.07, 6.45) is 0. The monoisotopic (exact) mass is 343 g/mol. The maximum absolute atomic E-state index is 12.9. The molecular weight excluding hydrogens is 336 g/mol. The predicted molar refractivity (Wildman–Crippen MR) is 78.6 cm³/mol. The third-order valence-corrected chi connectivity index (χ3v) is 3.44. The Bertz CT molecular complexity index is 752. The number of carbonyl (C=O) groups excluding carboxylic acids is 1. The van der Waals surface area contributed by atoms with Crippen LogP contribution < -0.4 is 0 Å². The van der Waals surface area contributed by atoms with E-state index >= 15 is 0 Å². The van der Waals surface area contributed by atoms with Gasteiger partial charge in [-0.2, -0.15) is 0 Å². The average molecular weight is 344 g/mol. The van der Waals surface area contributed by atoms with E-state index in [1.807, 2.05) is 0 Å². The van der Waals surface area contributed by atoms with Crippen molar-refractivity contribution in [3.63, 3.8) is 0 Å². The zero-order valence-corrected chi connectivity index (χ0v) is 12.4. The van der Waals surface area contributed by atoms with Crippen LogP contribution >= 0.6 is 23.2 Å². The summed E-state index contributed by atoms with van der Waals surface area (Å²) < 4.78 is 17.9. The lowest BCUT2D eigenvalue weighted by Crippen LogP contribution is -2.07. The standard InChI is InChI=1S/C14H8Cl2FNO4/c15-12-4-3-10(18(20)21)6-11(12)14(19)22-7-8-1-2-9(17)5-13(8)16/h1-6H,7H2. The molecule has 8 heteroatoms. The summed E-state index contributed by atoms with van der Waals surface area (Å²) in [4.78, 5) is 22.0. The molecule has 0 radical (unpaired) electrons. The van der Waals surface area contributed by atoms with Crippen molar-refractivity contribution < 1.29 is 18.8 Å². The van der Waals surface area contributed by atoms with Gasteiger partial charge in [0, 0.05) is 17.7 Å². The minimum Gasteiger partial charge on any atom is -0.457 e. The van der Waals surface area contributed by atoms with E-state index in [9.17, 15) is 19.3 Å². The van der Waals surface area contributed by atoms with E-state index in [-0.39, 0.29) is 27.9 Å². The molecule has 0 fully saturated rings. The number of hydrogen-bond donors (Lipinski definition) is 0. The lowest BCUT2D eigenvalue weighted by molar-refractivity contribution is -0.384. The van der Waals surface area contributed by atoms with Gasteiger partial charge in [0.05, 0.1) is 20.5 Å². The molecule has 0 heterocycles. The highest BCUT2D eigenvalue weighted by molar-refractivity contribution is 6.33. The number of halogens is 3. The van der Waals surface area contributed by atoms with Crippen molar-refractivity contribution in [2.45, 2.75) is 6.61 Å². The van der Waals surface area contributed by atoms with E-state index in [0.717, 1.165) is 12.1 Å². The first-order chi connectivity index (χ1) is 10.4. The Labute approximate surface area is 134 Å². The Morgan fingerprint density at radius 2 is 1.91 bits per heavy atom. The summed E-state index contributed by atoms with van der Waals surface area (Å²) in [5.41, 5.74) is -0.0109. The normalized spacial score (nSPS) is 10.3. The fourth-order valence-corrected chi connectivity index (χ4v) is 2.06. The smallest absolute Gasteiger partial charge is 0.340 e. The molecule has 0 aliphatic rings.